The Morgan fingerprint density at radius 2 is 2.42 bits per heavy atom. The number of H-pyrrole nitrogens is 1. The third-order valence-electron chi connectivity index (χ3n) is 3.53. The van der Waals surface area contributed by atoms with Gasteiger partial charge in [-0.25, -0.2) is 4.98 Å². The lowest BCUT2D eigenvalue weighted by Crippen LogP contribution is -2.38. The predicted octanol–water partition coefficient (Wildman–Crippen LogP) is 1.22. The molecule has 2 aromatic rings. The van der Waals surface area contributed by atoms with Gasteiger partial charge in [0.25, 0.3) is 5.91 Å². The second kappa shape index (κ2) is 4.87. The van der Waals surface area contributed by atoms with Gasteiger partial charge in [-0.15, -0.1) is 0 Å². The van der Waals surface area contributed by atoms with Crippen LogP contribution in [0.4, 0.5) is 0 Å². The number of hydrogen-bond donors (Lipinski definition) is 1. The molecule has 100 valence electrons. The van der Waals surface area contributed by atoms with Crippen molar-refractivity contribution < 1.29 is 4.79 Å². The van der Waals surface area contributed by atoms with E-state index in [9.17, 15) is 4.79 Å². The van der Waals surface area contributed by atoms with E-state index in [2.05, 4.69) is 15.1 Å². The first-order valence-electron chi connectivity index (χ1n) is 6.52. The van der Waals surface area contributed by atoms with Crippen LogP contribution < -0.4 is 0 Å². The molecule has 1 unspecified atom stereocenters. The SMILES string of the molecule is Cc1cnn(CC2CCCN2C(=O)c2cnc[nH]2)c1. The van der Waals surface area contributed by atoms with Gasteiger partial charge in [-0.3, -0.25) is 9.48 Å². The predicted molar refractivity (Wildman–Crippen MR) is 69.6 cm³/mol. The summed E-state index contributed by atoms with van der Waals surface area (Å²) in [7, 11) is 0. The van der Waals surface area contributed by atoms with Crippen LogP contribution in [0.1, 0.15) is 28.9 Å². The fraction of sp³-hybridized carbons (Fsp3) is 0.462. The van der Waals surface area contributed by atoms with Gasteiger partial charge in [0, 0.05) is 12.7 Å². The number of hydrogen-bond acceptors (Lipinski definition) is 3. The van der Waals surface area contributed by atoms with Gasteiger partial charge in [0.1, 0.15) is 5.69 Å². The number of nitrogens with zero attached hydrogens (tertiary/aromatic N) is 4. The van der Waals surface area contributed by atoms with Crippen LogP contribution in [0.15, 0.2) is 24.9 Å². The van der Waals surface area contributed by atoms with Crippen molar-refractivity contribution in [3.8, 4) is 0 Å². The van der Waals surface area contributed by atoms with Crippen molar-refractivity contribution in [2.75, 3.05) is 6.54 Å². The molecule has 6 nitrogen and oxygen atoms in total. The summed E-state index contributed by atoms with van der Waals surface area (Å²) in [6.45, 7) is 3.59. The zero-order valence-electron chi connectivity index (χ0n) is 10.9. The van der Waals surface area contributed by atoms with Crippen LogP contribution in [-0.2, 0) is 6.54 Å². The minimum Gasteiger partial charge on any atom is -0.341 e. The van der Waals surface area contributed by atoms with Crippen molar-refractivity contribution in [2.45, 2.75) is 32.4 Å². The van der Waals surface area contributed by atoms with Crippen molar-refractivity contribution in [1.29, 1.82) is 0 Å². The topological polar surface area (TPSA) is 66.8 Å². The Balaban J connectivity index is 1.73. The molecular weight excluding hydrogens is 242 g/mol. The van der Waals surface area contributed by atoms with E-state index in [1.165, 1.54) is 6.33 Å². The minimum atomic E-state index is 0.0314. The van der Waals surface area contributed by atoms with E-state index >= 15 is 0 Å². The number of aromatic amines is 1. The molecule has 0 aliphatic carbocycles. The van der Waals surface area contributed by atoms with E-state index in [-0.39, 0.29) is 11.9 Å². The number of rotatable bonds is 3. The van der Waals surface area contributed by atoms with Crippen LogP contribution in [-0.4, -0.2) is 43.1 Å². The average molecular weight is 259 g/mol. The van der Waals surface area contributed by atoms with E-state index in [0.29, 0.717) is 5.69 Å². The van der Waals surface area contributed by atoms with Gasteiger partial charge < -0.3 is 9.88 Å². The van der Waals surface area contributed by atoms with E-state index < -0.39 is 0 Å². The Morgan fingerprint density at radius 1 is 1.53 bits per heavy atom. The largest absolute Gasteiger partial charge is 0.341 e. The van der Waals surface area contributed by atoms with E-state index in [1.807, 2.05) is 28.9 Å². The third-order valence-corrected chi connectivity index (χ3v) is 3.53. The van der Waals surface area contributed by atoms with Crippen LogP contribution in [0.25, 0.3) is 0 Å². The lowest BCUT2D eigenvalue weighted by atomic mass is 10.2. The maximum atomic E-state index is 12.3. The van der Waals surface area contributed by atoms with Gasteiger partial charge >= 0.3 is 0 Å². The molecule has 1 N–H and O–H groups in total. The van der Waals surface area contributed by atoms with Crippen molar-refractivity contribution in [2.24, 2.45) is 0 Å². The molecule has 1 atom stereocenters. The lowest BCUT2D eigenvalue weighted by molar-refractivity contribution is 0.0716. The highest BCUT2D eigenvalue weighted by Gasteiger charge is 2.30. The monoisotopic (exact) mass is 259 g/mol. The summed E-state index contributed by atoms with van der Waals surface area (Å²) < 4.78 is 1.92. The average Bonchev–Trinajstić information content (AvgIpc) is 3.10. The highest BCUT2D eigenvalue weighted by atomic mass is 16.2. The number of nitrogens with one attached hydrogen (secondary N) is 1. The molecule has 0 aromatic carbocycles. The first-order valence-corrected chi connectivity index (χ1v) is 6.52. The number of carbonyl (C=O) groups excluding carboxylic acids is 1. The summed E-state index contributed by atoms with van der Waals surface area (Å²) in [5.41, 5.74) is 1.70. The fourth-order valence-electron chi connectivity index (χ4n) is 2.60. The molecule has 3 heterocycles. The third kappa shape index (κ3) is 2.38. The van der Waals surface area contributed by atoms with Crippen LogP contribution in [0.2, 0.25) is 0 Å². The number of aryl methyl sites for hydroxylation is 1. The van der Waals surface area contributed by atoms with Crippen molar-refractivity contribution in [3.05, 3.63) is 36.2 Å². The Morgan fingerprint density at radius 3 is 3.11 bits per heavy atom. The standard InChI is InChI=1S/C13H17N5O/c1-10-5-16-17(7-10)8-11-3-2-4-18(11)13(19)12-6-14-9-15-12/h5-7,9,11H,2-4,8H2,1H3,(H,14,15). The summed E-state index contributed by atoms with van der Waals surface area (Å²) in [5, 5.41) is 4.29. The highest BCUT2D eigenvalue weighted by molar-refractivity contribution is 5.92. The van der Waals surface area contributed by atoms with Gasteiger partial charge in [-0.05, 0) is 25.3 Å². The van der Waals surface area contributed by atoms with Crippen molar-refractivity contribution in [1.82, 2.24) is 24.6 Å². The summed E-state index contributed by atoms with van der Waals surface area (Å²) in [4.78, 5) is 21.0. The van der Waals surface area contributed by atoms with Crippen LogP contribution in [0.5, 0.6) is 0 Å². The van der Waals surface area contributed by atoms with Gasteiger partial charge in [0.05, 0.1) is 31.3 Å². The summed E-state index contributed by atoms with van der Waals surface area (Å²) in [5.74, 6) is 0.0314. The van der Waals surface area contributed by atoms with Crippen molar-refractivity contribution >= 4 is 5.91 Å². The molecular formula is C13H17N5O. The summed E-state index contributed by atoms with van der Waals surface area (Å²) in [6.07, 6.45) is 9.04. The van der Waals surface area contributed by atoms with Crippen molar-refractivity contribution in [3.63, 3.8) is 0 Å². The zero-order valence-corrected chi connectivity index (χ0v) is 10.9. The smallest absolute Gasteiger partial charge is 0.272 e. The van der Waals surface area contributed by atoms with E-state index in [4.69, 9.17) is 0 Å². The molecule has 0 saturated carbocycles. The van der Waals surface area contributed by atoms with Crippen LogP contribution in [0, 0.1) is 6.92 Å². The van der Waals surface area contributed by atoms with Gasteiger partial charge in [0.15, 0.2) is 0 Å². The second-order valence-electron chi connectivity index (χ2n) is 5.00. The maximum Gasteiger partial charge on any atom is 0.272 e. The molecule has 0 spiro atoms. The lowest BCUT2D eigenvalue weighted by Gasteiger charge is -2.24. The molecule has 19 heavy (non-hydrogen) atoms. The Kier molecular flexibility index (Phi) is 3.06. The molecule has 2 aromatic heterocycles. The van der Waals surface area contributed by atoms with E-state index in [0.717, 1.165) is 31.5 Å². The minimum absolute atomic E-state index is 0.0314. The van der Waals surface area contributed by atoms with E-state index in [1.54, 1.807) is 6.20 Å². The second-order valence-corrected chi connectivity index (χ2v) is 5.00. The number of imidazole rings is 1. The maximum absolute atomic E-state index is 12.3. The zero-order chi connectivity index (χ0) is 13.2. The Labute approximate surface area is 111 Å². The molecule has 0 bridgehead atoms. The summed E-state index contributed by atoms with van der Waals surface area (Å²) >= 11 is 0. The first-order chi connectivity index (χ1) is 9.24. The quantitative estimate of drug-likeness (QED) is 0.901. The van der Waals surface area contributed by atoms with Gasteiger partial charge in [0.2, 0.25) is 0 Å². The number of carbonyl (C=O) groups is 1. The Hall–Kier alpha value is -2.11. The fourth-order valence-corrected chi connectivity index (χ4v) is 2.60. The summed E-state index contributed by atoms with van der Waals surface area (Å²) in [6, 6.07) is 0.218. The molecule has 1 fully saturated rings. The molecule has 1 aliphatic heterocycles. The number of amides is 1. The number of aromatic nitrogens is 4. The Bertz CT molecular complexity index is 559. The molecule has 6 heteroatoms. The van der Waals surface area contributed by atoms with Crippen LogP contribution >= 0.6 is 0 Å². The molecule has 3 rings (SSSR count). The van der Waals surface area contributed by atoms with Gasteiger partial charge in [-0.2, -0.15) is 5.10 Å². The molecule has 1 aliphatic rings. The normalized spacial score (nSPS) is 19.0. The molecule has 0 radical (unpaired) electrons. The first kappa shape index (κ1) is 12.0. The highest BCUT2D eigenvalue weighted by Crippen LogP contribution is 2.20. The molecule has 1 amide bonds. The van der Waals surface area contributed by atoms with Gasteiger partial charge in [-0.1, -0.05) is 0 Å². The number of likely N-dealkylation sites (tertiary alicyclic amines) is 1. The van der Waals surface area contributed by atoms with Crippen LogP contribution in [0.3, 0.4) is 0 Å². The molecule has 1 saturated heterocycles.